The van der Waals surface area contributed by atoms with Crippen molar-refractivity contribution in [1.29, 1.82) is 0 Å². The lowest BCUT2D eigenvalue weighted by atomic mass is 10.0. The first-order valence-electron chi connectivity index (χ1n) is 8.89. The third-order valence-corrected chi connectivity index (χ3v) is 5.39. The molecule has 0 bridgehead atoms. The molecule has 6 nitrogen and oxygen atoms in total. The van der Waals surface area contributed by atoms with Crippen molar-refractivity contribution >= 4 is 39.7 Å². The number of carbonyl (C=O) groups excluding carboxylic acids is 1. The number of thiazole rings is 1. The van der Waals surface area contributed by atoms with E-state index in [9.17, 15) is 18.0 Å². The summed E-state index contributed by atoms with van der Waals surface area (Å²) in [7, 11) is 0. The molecule has 3 aromatic rings. The number of aromatic nitrogens is 1. The maximum absolute atomic E-state index is 14.1. The van der Waals surface area contributed by atoms with Gasteiger partial charge in [-0.2, -0.15) is 8.78 Å². The molecular formula is C20H13ClF3N3O3S. The van der Waals surface area contributed by atoms with Crippen LogP contribution in [0.5, 0.6) is 5.75 Å². The number of ether oxygens (including phenoxy) is 1. The standard InChI is InChI=1S/C20H13ClF3N3O3S/c21-12-2-1-3-13(22)17(12)14-8-16(30-27-14)18(28)26-20-25-15(9-31-20)10-4-6-11(7-5-10)29-19(23)24/h1-7,9,16,19H,8H2,(H,25,26,28). The van der Waals surface area contributed by atoms with Gasteiger partial charge in [0.25, 0.3) is 5.91 Å². The summed E-state index contributed by atoms with van der Waals surface area (Å²) in [4.78, 5) is 22.0. The van der Waals surface area contributed by atoms with Gasteiger partial charge in [-0.3, -0.25) is 10.1 Å². The predicted octanol–water partition coefficient (Wildman–Crippen LogP) is 5.34. The number of hydrogen-bond donors (Lipinski definition) is 1. The van der Waals surface area contributed by atoms with Crippen molar-refractivity contribution in [1.82, 2.24) is 4.98 Å². The maximum Gasteiger partial charge on any atom is 0.387 e. The molecule has 4 rings (SSSR count). The molecule has 11 heteroatoms. The number of carbonyl (C=O) groups is 1. The Morgan fingerprint density at radius 3 is 2.74 bits per heavy atom. The summed E-state index contributed by atoms with van der Waals surface area (Å²) in [6, 6.07) is 10.2. The lowest BCUT2D eigenvalue weighted by Crippen LogP contribution is -2.28. The van der Waals surface area contributed by atoms with Gasteiger partial charge in [-0.05, 0) is 36.4 Å². The molecule has 0 saturated carbocycles. The van der Waals surface area contributed by atoms with Crippen LogP contribution in [0.1, 0.15) is 12.0 Å². The van der Waals surface area contributed by atoms with Crippen LogP contribution in [0.15, 0.2) is 53.0 Å². The van der Waals surface area contributed by atoms with Gasteiger partial charge in [-0.15, -0.1) is 11.3 Å². The van der Waals surface area contributed by atoms with Crippen molar-refractivity contribution in [3.63, 3.8) is 0 Å². The van der Waals surface area contributed by atoms with E-state index < -0.39 is 24.4 Å². The van der Waals surface area contributed by atoms with E-state index in [0.717, 1.165) is 0 Å². The summed E-state index contributed by atoms with van der Waals surface area (Å²) in [5.41, 5.74) is 1.56. The van der Waals surface area contributed by atoms with Crippen LogP contribution in [0.4, 0.5) is 18.3 Å². The van der Waals surface area contributed by atoms with E-state index in [-0.39, 0.29) is 28.5 Å². The van der Waals surface area contributed by atoms with E-state index in [1.807, 2.05) is 0 Å². The maximum atomic E-state index is 14.1. The fourth-order valence-corrected chi connectivity index (χ4v) is 3.89. The van der Waals surface area contributed by atoms with Crippen molar-refractivity contribution < 1.29 is 27.5 Å². The molecule has 31 heavy (non-hydrogen) atoms. The Balaban J connectivity index is 1.39. The number of alkyl halides is 2. The summed E-state index contributed by atoms with van der Waals surface area (Å²) in [6.07, 6.45) is -0.903. The minimum Gasteiger partial charge on any atom is -0.435 e. The summed E-state index contributed by atoms with van der Waals surface area (Å²) in [5, 5.41) is 8.63. The largest absolute Gasteiger partial charge is 0.435 e. The smallest absolute Gasteiger partial charge is 0.387 e. The van der Waals surface area contributed by atoms with Crippen molar-refractivity contribution in [2.45, 2.75) is 19.1 Å². The number of hydrogen-bond acceptors (Lipinski definition) is 6. The Morgan fingerprint density at radius 1 is 1.26 bits per heavy atom. The highest BCUT2D eigenvalue weighted by Gasteiger charge is 2.31. The molecule has 1 unspecified atom stereocenters. The highest BCUT2D eigenvalue weighted by atomic mass is 35.5. The van der Waals surface area contributed by atoms with E-state index in [1.165, 1.54) is 41.7 Å². The number of nitrogens with one attached hydrogen (secondary N) is 1. The minimum atomic E-state index is -2.90. The number of halogens is 4. The third-order valence-electron chi connectivity index (χ3n) is 4.32. The second kappa shape index (κ2) is 8.94. The molecule has 0 spiro atoms. The Labute approximate surface area is 183 Å². The van der Waals surface area contributed by atoms with Crippen LogP contribution in [-0.4, -0.2) is 29.3 Å². The predicted molar refractivity (Wildman–Crippen MR) is 110 cm³/mol. The molecule has 0 radical (unpaired) electrons. The van der Waals surface area contributed by atoms with Gasteiger partial charge in [0.2, 0.25) is 6.10 Å². The Hall–Kier alpha value is -3.11. The fraction of sp³-hybridized carbons (Fsp3) is 0.150. The molecule has 1 aromatic heterocycles. The van der Waals surface area contributed by atoms with Crippen LogP contribution >= 0.6 is 22.9 Å². The Bertz CT molecular complexity index is 1120. The van der Waals surface area contributed by atoms with E-state index in [4.69, 9.17) is 16.4 Å². The molecule has 2 aromatic carbocycles. The van der Waals surface area contributed by atoms with Gasteiger partial charge >= 0.3 is 6.61 Å². The normalized spacial score (nSPS) is 15.5. The molecule has 1 atom stereocenters. The fourth-order valence-electron chi connectivity index (χ4n) is 2.90. The topological polar surface area (TPSA) is 72.8 Å². The number of anilines is 1. The van der Waals surface area contributed by atoms with Crippen LogP contribution in [0.3, 0.4) is 0 Å². The summed E-state index contributed by atoms with van der Waals surface area (Å²) < 4.78 is 42.8. The second-order valence-electron chi connectivity index (χ2n) is 6.36. The van der Waals surface area contributed by atoms with Gasteiger partial charge in [0.15, 0.2) is 5.13 Å². The minimum absolute atomic E-state index is 0.0339. The number of nitrogens with zero attached hydrogens (tertiary/aromatic N) is 2. The number of oxime groups is 1. The SMILES string of the molecule is O=C(Nc1nc(-c2ccc(OC(F)F)cc2)cs1)C1CC(c2c(F)cccc2Cl)=NO1. The molecule has 0 fully saturated rings. The van der Waals surface area contributed by atoms with Crippen LogP contribution in [0.25, 0.3) is 11.3 Å². The zero-order chi connectivity index (χ0) is 22.0. The Kier molecular flexibility index (Phi) is 6.10. The lowest BCUT2D eigenvalue weighted by molar-refractivity contribution is -0.125. The average molecular weight is 468 g/mol. The second-order valence-corrected chi connectivity index (χ2v) is 7.63. The van der Waals surface area contributed by atoms with Gasteiger partial charge in [-0.1, -0.05) is 22.8 Å². The summed E-state index contributed by atoms with van der Waals surface area (Å²) in [5.74, 6) is -1.01. The van der Waals surface area contributed by atoms with E-state index >= 15 is 0 Å². The highest BCUT2D eigenvalue weighted by molar-refractivity contribution is 7.14. The zero-order valence-corrected chi connectivity index (χ0v) is 17.1. The number of amides is 1. The van der Waals surface area contributed by atoms with Crippen LogP contribution < -0.4 is 10.1 Å². The zero-order valence-electron chi connectivity index (χ0n) is 15.5. The highest BCUT2D eigenvalue weighted by Crippen LogP contribution is 2.29. The first-order chi connectivity index (χ1) is 14.9. The molecule has 1 N–H and O–H groups in total. The van der Waals surface area contributed by atoms with Gasteiger partial charge in [0.05, 0.1) is 22.0 Å². The average Bonchev–Trinajstić information content (AvgIpc) is 3.38. The van der Waals surface area contributed by atoms with Crippen molar-refractivity contribution in [2.24, 2.45) is 5.16 Å². The number of rotatable bonds is 6. The summed E-state index contributed by atoms with van der Waals surface area (Å²) in [6.45, 7) is -2.90. The first kappa shape index (κ1) is 21.1. The van der Waals surface area contributed by atoms with Crippen LogP contribution in [-0.2, 0) is 9.63 Å². The first-order valence-corrected chi connectivity index (χ1v) is 10.1. The van der Waals surface area contributed by atoms with Crippen LogP contribution in [0.2, 0.25) is 5.02 Å². The van der Waals surface area contributed by atoms with Gasteiger partial charge in [0.1, 0.15) is 11.6 Å². The van der Waals surface area contributed by atoms with Crippen molar-refractivity contribution in [2.75, 3.05) is 5.32 Å². The van der Waals surface area contributed by atoms with E-state index in [2.05, 4.69) is 20.2 Å². The third kappa shape index (κ3) is 4.80. The van der Waals surface area contributed by atoms with Crippen LogP contribution in [0, 0.1) is 5.82 Å². The molecule has 0 saturated heterocycles. The van der Waals surface area contributed by atoms with Gasteiger partial charge in [-0.25, -0.2) is 9.37 Å². The molecule has 2 heterocycles. The van der Waals surface area contributed by atoms with Gasteiger partial charge < -0.3 is 9.57 Å². The molecule has 160 valence electrons. The van der Waals surface area contributed by atoms with Crippen molar-refractivity contribution in [3.8, 4) is 17.0 Å². The molecule has 1 amide bonds. The molecule has 0 aliphatic carbocycles. The molecular weight excluding hydrogens is 455 g/mol. The quantitative estimate of drug-likeness (QED) is 0.531. The van der Waals surface area contributed by atoms with E-state index in [0.29, 0.717) is 16.4 Å². The van der Waals surface area contributed by atoms with Gasteiger partial charge in [0, 0.05) is 17.4 Å². The lowest BCUT2D eigenvalue weighted by Gasteiger charge is -2.07. The van der Waals surface area contributed by atoms with E-state index in [1.54, 1.807) is 17.5 Å². The van der Waals surface area contributed by atoms with Crippen molar-refractivity contribution in [3.05, 3.63) is 64.2 Å². The monoisotopic (exact) mass is 467 g/mol. The number of benzene rings is 2. The Morgan fingerprint density at radius 2 is 2.03 bits per heavy atom. The molecule has 1 aliphatic heterocycles. The summed E-state index contributed by atoms with van der Waals surface area (Å²) >= 11 is 7.21. The molecule has 1 aliphatic rings.